The first-order valence-electron chi connectivity index (χ1n) is 5.66. The van der Waals surface area contributed by atoms with Crippen molar-refractivity contribution >= 4 is 27.7 Å². The molecule has 1 heterocycles. The number of nitrogens with two attached hydrogens (primary N) is 1. The van der Waals surface area contributed by atoms with Crippen LogP contribution >= 0.6 is 0 Å². The summed E-state index contributed by atoms with van der Waals surface area (Å²) in [4.78, 5) is 26.7. The van der Waals surface area contributed by atoms with Gasteiger partial charge in [-0.05, 0) is 24.3 Å². The number of carbonyl (C=O) groups is 1. The predicted molar refractivity (Wildman–Crippen MR) is 72.3 cm³/mol. The van der Waals surface area contributed by atoms with E-state index in [9.17, 15) is 14.7 Å². The summed E-state index contributed by atoms with van der Waals surface area (Å²) in [7, 11) is 0. The third kappa shape index (κ3) is 1.55. The van der Waals surface area contributed by atoms with Crippen LogP contribution in [-0.4, -0.2) is 16.0 Å². The van der Waals surface area contributed by atoms with E-state index in [1.54, 1.807) is 24.3 Å². The molecule has 0 aliphatic carbocycles. The lowest BCUT2D eigenvalue weighted by Crippen LogP contribution is -2.14. The maximum Gasteiger partial charge on any atom is 0.250 e. The first-order valence-corrected chi connectivity index (χ1v) is 5.66. The van der Waals surface area contributed by atoms with Gasteiger partial charge in [0.1, 0.15) is 5.75 Å². The van der Waals surface area contributed by atoms with Crippen LogP contribution in [0.1, 0.15) is 10.4 Å². The molecule has 0 unspecified atom stereocenters. The lowest BCUT2D eigenvalue weighted by molar-refractivity contribution is 0.100. The second-order valence-electron chi connectivity index (χ2n) is 4.25. The number of para-hydroxylation sites is 1. The van der Waals surface area contributed by atoms with Crippen molar-refractivity contribution in [2.75, 3.05) is 0 Å². The highest BCUT2D eigenvalue weighted by atomic mass is 16.3. The highest BCUT2D eigenvalue weighted by molar-refractivity contribution is 6.08. The minimum Gasteiger partial charge on any atom is -0.507 e. The number of amides is 1. The van der Waals surface area contributed by atoms with Gasteiger partial charge in [-0.25, -0.2) is 0 Å². The average Bonchev–Trinajstić information content (AvgIpc) is 2.38. The lowest BCUT2D eigenvalue weighted by Gasteiger charge is -2.07. The van der Waals surface area contributed by atoms with Gasteiger partial charge in [-0.2, -0.15) is 0 Å². The molecule has 0 aliphatic heterocycles. The number of phenols is 1. The molecule has 5 heteroatoms. The lowest BCUT2D eigenvalue weighted by atomic mass is 10.1. The van der Waals surface area contributed by atoms with E-state index in [-0.39, 0.29) is 27.6 Å². The van der Waals surface area contributed by atoms with Crippen molar-refractivity contribution in [1.29, 1.82) is 0 Å². The van der Waals surface area contributed by atoms with Crippen LogP contribution in [0.3, 0.4) is 0 Å². The van der Waals surface area contributed by atoms with E-state index in [0.29, 0.717) is 10.9 Å². The van der Waals surface area contributed by atoms with Crippen LogP contribution in [0.25, 0.3) is 21.8 Å². The van der Waals surface area contributed by atoms with E-state index in [4.69, 9.17) is 5.73 Å². The van der Waals surface area contributed by atoms with Gasteiger partial charge in [-0.3, -0.25) is 9.59 Å². The molecule has 0 aliphatic rings. The van der Waals surface area contributed by atoms with Gasteiger partial charge in [-0.1, -0.05) is 12.1 Å². The standard InChI is InChI=1S/C14H10N2O3/c15-14(19)8-5-6-10(17)11-12(8)16-9-4-2-1-3-7(9)13(11)18/h1-6,17H,(H2,15,19)(H,16,18). The average molecular weight is 254 g/mol. The maximum atomic E-state index is 12.4. The van der Waals surface area contributed by atoms with Crippen molar-refractivity contribution in [1.82, 2.24) is 4.98 Å². The molecule has 0 radical (unpaired) electrons. The molecule has 0 bridgehead atoms. The Morgan fingerprint density at radius 3 is 2.63 bits per heavy atom. The largest absolute Gasteiger partial charge is 0.507 e. The summed E-state index contributed by atoms with van der Waals surface area (Å²) < 4.78 is 0. The monoisotopic (exact) mass is 254 g/mol. The summed E-state index contributed by atoms with van der Waals surface area (Å²) in [6.07, 6.45) is 0. The Morgan fingerprint density at radius 2 is 1.89 bits per heavy atom. The molecule has 2 aromatic carbocycles. The van der Waals surface area contributed by atoms with Gasteiger partial charge in [0.15, 0.2) is 0 Å². The van der Waals surface area contributed by atoms with E-state index in [0.717, 1.165) is 0 Å². The fourth-order valence-corrected chi connectivity index (χ4v) is 2.22. The number of H-pyrrole nitrogens is 1. The van der Waals surface area contributed by atoms with Gasteiger partial charge in [0.2, 0.25) is 5.43 Å². The zero-order valence-corrected chi connectivity index (χ0v) is 9.81. The Bertz CT molecular complexity index is 881. The Hall–Kier alpha value is -2.82. The van der Waals surface area contributed by atoms with Crippen LogP contribution in [-0.2, 0) is 0 Å². The summed E-state index contributed by atoms with van der Waals surface area (Å²) >= 11 is 0. The zero-order valence-electron chi connectivity index (χ0n) is 9.81. The van der Waals surface area contributed by atoms with Crippen LogP contribution in [0.2, 0.25) is 0 Å². The number of aromatic hydroxyl groups is 1. The van der Waals surface area contributed by atoms with Crippen molar-refractivity contribution in [3.8, 4) is 5.75 Å². The quantitative estimate of drug-likeness (QED) is 0.574. The number of nitrogens with one attached hydrogen (secondary N) is 1. The number of aromatic amines is 1. The molecule has 5 nitrogen and oxygen atoms in total. The van der Waals surface area contributed by atoms with Crippen molar-refractivity contribution < 1.29 is 9.90 Å². The van der Waals surface area contributed by atoms with Crippen molar-refractivity contribution in [2.45, 2.75) is 0 Å². The predicted octanol–water partition coefficient (Wildman–Crippen LogP) is 1.49. The number of fused-ring (bicyclic) bond motifs is 2. The number of hydrogen-bond donors (Lipinski definition) is 3. The van der Waals surface area contributed by atoms with E-state index in [1.165, 1.54) is 12.1 Å². The normalized spacial score (nSPS) is 10.9. The molecule has 0 saturated heterocycles. The Morgan fingerprint density at radius 1 is 1.16 bits per heavy atom. The number of hydrogen-bond acceptors (Lipinski definition) is 3. The topological polar surface area (TPSA) is 96.2 Å². The number of rotatable bonds is 1. The molecule has 3 aromatic rings. The molecule has 1 amide bonds. The van der Waals surface area contributed by atoms with Crippen molar-refractivity contribution in [2.24, 2.45) is 5.73 Å². The van der Waals surface area contributed by atoms with Gasteiger partial charge < -0.3 is 15.8 Å². The fraction of sp³-hybridized carbons (Fsp3) is 0. The number of phenolic OH excluding ortho intramolecular Hbond substituents is 1. The molecule has 0 fully saturated rings. The number of primary amides is 1. The highest BCUT2D eigenvalue weighted by Gasteiger charge is 2.14. The van der Waals surface area contributed by atoms with Crippen LogP contribution in [0.5, 0.6) is 5.75 Å². The zero-order chi connectivity index (χ0) is 13.6. The molecule has 0 saturated carbocycles. The molecule has 1 aromatic heterocycles. The smallest absolute Gasteiger partial charge is 0.250 e. The van der Waals surface area contributed by atoms with Gasteiger partial charge in [-0.15, -0.1) is 0 Å². The molecule has 0 spiro atoms. The fourth-order valence-electron chi connectivity index (χ4n) is 2.22. The number of benzene rings is 2. The van der Waals surface area contributed by atoms with Gasteiger partial charge in [0, 0.05) is 10.9 Å². The van der Waals surface area contributed by atoms with Gasteiger partial charge in [0.05, 0.1) is 16.5 Å². The van der Waals surface area contributed by atoms with E-state index in [1.807, 2.05) is 0 Å². The molecule has 19 heavy (non-hydrogen) atoms. The Kier molecular flexibility index (Phi) is 2.28. The molecule has 0 atom stereocenters. The third-order valence-electron chi connectivity index (χ3n) is 3.11. The maximum absolute atomic E-state index is 12.4. The Balaban J connectivity index is 2.64. The Labute approximate surface area is 107 Å². The number of carbonyl (C=O) groups excluding carboxylic acids is 1. The van der Waals surface area contributed by atoms with E-state index >= 15 is 0 Å². The molecule has 4 N–H and O–H groups in total. The number of aromatic nitrogens is 1. The SMILES string of the molecule is NC(=O)c1ccc(O)c2c(=O)c3ccccc3[nH]c12. The second-order valence-corrected chi connectivity index (χ2v) is 4.25. The van der Waals surface area contributed by atoms with Crippen LogP contribution < -0.4 is 11.2 Å². The summed E-state index contributed by atoms with van der Waals surface area (Å²) in [6.45, 7) is 0. The summed E-state index contributed by atoms with van der Waals surface area (Å²) in [5.74, 6) is -0.831. The molecular weight excluding hydrogens is 244 g/mol. The van der Waals surface area contributed by atoms with Crippen LogP contribution in [0, 0.1) is 0 Å². The third-order valence-corrected chi connectivity index (χ3v) is 3.11. The first kappa shape index (κ1) is 11.3. The van der Waals surface area contributed by atoms with E-state index in [2.05, 4.69) is 4.98 Å². The van der Waals surface area contributed by atoms with Gasteiger partial charge in [0.25, 0.3) is 5.91 Å². The molecular formula is C14H10N2O3. The molecule has 94 valence electrons. The van der Waals surface area contributed by atoms with Crippen LogP contribution in [0.4, 0.5) is 0 Å². The van der Waals surface area contributed by atoms with Crippen molar-refractivity contribution in [3.63, 3.8) is 0 Å². The first-order chi connectivity index (χ1) is 9.09. The summed E-state index contributed by atoms with van der Waals surface area (Å²) in [5.41, 5.74) is 5.98. The summed E-state index contributed by atoms with van der Waals surface area (Å²) in [6, 6.07) is 9.58. The second kappa shape index (κ2) is 3.84. The minimum atomic E-state index is -0.657. The minimum absolute atomic E-state index is 0.0787. The number of pyridine rings is 1. The van der Waals surface area contributed by atoms with Crippen LogP contribution in [0.15, 0.2) is 41.2 Å². The van der Waals surface area contributed by atoms with E-state index < -0.39 is 5.91 Å². The highest BCUT2D eigenvalue weighted by Crippen LogP contribution is 2.25. The van der Waals surface area contributed by atoms with Gasteiger partial charge >= 0.3 is 0 Å². The molecule has 3 rings (SSSR count). The van der Waals surface area contributed by atoms with Crippen molar-refractivity contribution in [3.05, 3.63) is 52.2 Å². The summed E-state index contributed by atoms with van der Waals surface area (Å²) in [5, 5.41) is 10.4.